The zero-order valence-electron chi connectivity index (χ0n) is 23.8. The Morgan fingerprint density at radius 2 is 1.76 bits per heavy atom. The Morgan fingerprint density at radius 3 is 2.55 bits per heavy atom. The molecule has 5 rings (SSSR count). The first-order chi connectivity index (χ1) is 20.3. The number of pyridine rings is 1. The Balaban J connectivity index is 1.44. The van der Waals surface area contributed by atoms with Crippen molar-refractivity contribution in [3.63, 3.8) is 0 Å². The lowest BCUT2D eigenvalue weighted by atomic mass is 9.87. The zero-order chi connectivity index (χ0) is 29.6. The lowest BCUT2D eigenvalue weighted by molar-refractivity contribution is -0.140. The van der Waals surface area contributed by atoms with Gasteiger partial charge in [0.05, 0.1) is 32.3 Å². The fourth-order valence-electron chi connectivity index (χ4n) is 5.47. The van der Waals surface area contributed by atoms with Gasteiger partial charge in [0.25, 0.3) is 5.56 Å². The van der Waals surface area contributed by atoms with Gasteiger partial charge in [-0.3, -0.25) is 9.59 Å². The molecule has 1 atom stereocenters. The molecular weight excluding hydrogens is 534 g/mol. The highest BCUT2D eigenvalue weighted by Crippen LogP contribution is 2.37. The third-order valence-corrected chi connectivity index (χ3v) is 7.73. The smallest absolute Gasteiger partial charge is 0.306 e. The Labute approximate surface area is 244 Å². The number of carbonyl (C=O) groups is 1. The number of nitrogens with zero attached hydrogens (tertiary/aromatic N) is 1. The second-order valence-corrected chi connectivity index (χ2v) is 10.5. The van der Waals surface area contributed by atoms with Gasteiger partial charge in [0.2, 0.25) is 0 Å². The highest BCUT2D eigenvalue weighted by molar-refractivity contribution is 5.72. The maximum Gasteiger partial charge on any atom is 0.306 e. The molecule has 0 aliphatic carbocycles. The Kier molecular flexibility index (Phi) is 8.81. The van der Waals surface area contributed by atoms with Gasteiger partial charge in [-0.2, -0.15) is 0 Å². The summed E-state index contributed by atoms with van der Waals surface area (Å²) in [4.78, 5) is 26.5. The topological polar surface area (TPSA) is 107 Å². The summed E-state index contributed by atoms with van der Waals surface area (Å²) in [5, 5.41) is 20.7. The van der Waals surface area contributed by atoms with Crippen LogP contribution in [0.1, 0.15) is 45.8 Å². The summed E-state index contributed by atoms with van der Waals surface area (Å²) >= 11 is 0. The van der Waals surface area contributed by atoms with Gasteiger partial charge in [-0.15, -0.1) is 0 Å². The zero-order valence-corrected chi connectivity index (χ0v) is 23.8. The van der Waals surface area contributed by atoms with Gasteiger partial charge < -0.3 is 29.0 Å². The molecule has 8 heteroatoms. The number of hydrogen-bond acceptors (Lipinski definition) is 7. The number of aromatic hydroxyl groups is 2. The molecule has 0 fully saturated rings. The molecule has 0 radical (unpaired) electrons. The van der Waals surface area contributed by atoms with Crippen LogP contribution >= 0.6 is 0 Å². The Bertz CT molecular complexity index is 1620. The van der Waals surface area contributed by atoms with Crippen LogP contribution in [-0.4, -0.2) is 41.1 Å². The lowest BCUT2D eigenvalue weighted by Crippen LogP contribution is -2.29. The summed E-state index contributed by atoms with van der Waals surface area (Å²) in [5.74, 6) is 0.159. The fourth-order valence-corrected chi connectivity index (χ4v) is 5.47. The SMILES string of the molecule is COC(=O)C[C@@H](c1ccccc1OCCc1ccc2c(c1)CCO2)c1c(O)cc(C)n(CCc2ccc(O)cc2)c1=O. The first-order valence-corrected chi connectivity index (χ1v) is 14.1. The molecule has 0 spiro atoms. The number of carbonyl (C=O) groups excluding carboxylic acids is 1. The molecule has 0 amide bonds. The van der Waals surface area contributed by atoms with Gasteiger partial charge >= 0.3 is 5.97 Å². The lowest BCUT2D eigenvalue weighted by Gasteiger charge is -2.22. The van der Waals surface area contributed by atoms with Gasteiger partial charge in [-0.1, -0.05) is 42.5 Å². The van der Waals surface area contributed by atoms with Crippen molar-refractivity contribution in [2.75, 3.05) is 20.3 Å². The minimum Gasteiger partial charge on any atom is -0.508 e. The number of phenolic OH excluding ortho intramolecular Hbond substituents is 1. The van der Waals surface area contributed by atoms with E-state index < -0.39 is 11.9 Å². The highest BCUT2D eigenvalue weighted by Gasteiger charge is 2.29. The fraction of sp³-hybridized carbons (Fsp3) is 0.294. The molecule has 3 aromatic carbocycles. The van der Waals surface area contributed by atoms with Gasteiger partial charge in [0.1, 0.15) is 23.0 Å². The number of fused-ring (bicyclic) bond motifs is 1. The van der Waals surface area contributed by atoms with Gasteiger partial charge in [-0.05, 0) is 60.4 Å². The number of phenols is 1. The molecule has 2 N–H and O–H groups in total. The summed E-state index contributed by atoms with van der Waals surface area (Å²) in [5.41, 5.74) is 4.24. The van der Waals surface area contributed by atoms with E-state index in [2.05, 4.69) is 6.07 Å². The average Bonchev–Trinajstić information content (AvgIpc) is 3.45. The summed E-state index contributed by atoms with van der Waals surface area (Å²) in [7, 11) is 1.30. The van der Waals surface area contributed by atoms with Crippen LogP contribution < -0.4 is 15.0 Å². The Morgan fingerprint density at radius 1 is 1.00 bits per heavy atom. The second-order valence-electron chi connectivity index (χ2n) is 10.5. The molecule has 0 unspecified atom stereocenters. The van der Waals surface area contributed by atoms with Crippen molar-refractivity contribution < 1.29 is 29.2 Å². The molecule has 2 heterocycles. The predicted octanol–water partition coefficient (Wildman–Crippen LogP) is 5.06. The second kappa shape index (κ2) is 12.9. The Hall–Kier alpha value is -4.72. The van der Waals surface area contributed by atoms with Crippen molar-refractivity contribution in [1.82, 2.24) is 4.57 Å². The number of rotatable bonds is 11. The third kappa shape index (κ3) is 6.43. The molecule has 4 aromatic rings. The van der Waals surface area contributed by atoms with Crippen LogP contribution in [0.5, 0.6) is 23.0 Å². The maximum absolute atomic E-state index is 13.9. The number of benzene rings is 3. The number of aromatic nitrogens is 1. The molecule has 1 aliphatic heterocycles. The number of hydrogen-bond donors (Lipinski definition) is 2. The first-order valence-electron chi connectivity index (χ1n) is 14.1. The molecule has 0 saturated heterocycles. The minimum absolute atomic E-state index is 0.117. The van der Waals surface area contributed by atoms with Crippen LogP contribution in [0.25, 0.3) is 0 Å². The quantitative estimate of drug-likeness (QED) is 0.243. The molecule has 218 valence electrons. The number of esters is 1. The highest BCUT2D eigenvalue weighted by atomic mass is 16.5. The van der Waals surface area contributed by atoms with Crippen molar-refractivity contribution in [2.45, 2.75) is 45.1 Å². The van der Waals surface area contributed by atoms with E-state index in [1.807, 2.05) is 36.4 Å². The molecule has 8 nitrogen and oxygen atoms in total. The van der Waals surface area contributed by atoms with Crippen molar-refractivity contribution in [2.24, 2.45) is 0 Å². The molecular formula is C34H35NO7. The summed E-state index contributed by atoms with van der Waals surface area (Å²) in [6.45, 7) is 3.21. The van der Waals surface area contributed by atoms with E-state index >= 15 is 0 Å². The van der Waals surface area contributed by atoms with Crippen LogP contribution in [0.2, 0.25) is 0 Å². The summed E-state index contributed by atoms with van der Waals surface area (Å²) in [6.07, 6.45) is 1.96. The number of methoxy groups -OCH3 is 1. The van der Waals surface area contributed by atoms with Crippen LogP contribution in [0.4, 0.5) is 0 Å². The standard InChI is InChI=1S/C34H35NO7/c1-22-19-29(37)33(34(39)35(22)16-13-23-7-10-26(36)11-8-23)28(21-32(38)40-2)27-5-3-4-6-31(27)42-17-14-24-9-12-30-25(20-24)15-18-41-30/h3-12,19-20,28,36-37H,13-18,21H2,1-2H3/t28-/m0/s1. The number of aryl methyl sites for hydroxylation is 2. The van der Waals surface area contributed by atoms with Gasteiger partial charge in [0, 0.05) is 36.6 Å². The molecule has 1 aliphatic rings. The third-order valence-electron chi connectivity index (χ3n) is 7.73. The number of ether oxygens (including phenoxy) is 3. The van der Waals surface area contributed by atoms with E-state index in [1.165, 1.54) is 12.7 Å². The van der Waals surface area contributed by atoms with E-state index in [-0.39, 0.29) is 29.0 Å². The molecule has 42 heavy (non-hydrogen) atoms. The van der Waals surface area contributed by atoms with E-state index in [0.29, 0.717) is 49.6 Å². The summed E-state index contributed by atoms with van der Waals surface area (Å²) < 4.78 is 18.4. The van der Waals surface area contributed by atoms with E-state index in [4.69, 9.17) is 14.2 Å². The van der Waals surface area contributed by atoms with Crippen LogP contribution in [0, 0.1) is 6.92 Å². The molecule has 1 aromatic heterocycles. The monoisotopic (exact) mass is 569 g/mol. The van der Waals surface area contributed by atoms with Crippen LogP contribution in [0.3, 0.4) is 0 Å². The predicted molar refractivity (Wildman–Crippen MR) is 159 cm³/mol. The van der Waals surface area contributed by atoms with E-state index in [0.717, 1.165) is 23.3 Å². The number of para-hydroxylation sites is 1. The van der Waals surface area contributed by atoms with Crippen LogP contribution in [-0.2, 0) is 35.3 Å². The van der Waals surface area contributed by atoms with Crippen LogP contribution in [0.15, 0.2) is 77.6 Å². The normalized spacial score (nSPS) is 12.8. The van der Waals surface area contributed by atoms with Gasteiger partial charge in [0.15, 0.2) is 0 Å². The van der Waals surface area contributed by atoms with Crippen molar-refractivity contribution in [1.29, 1.82) is 0 Å². The van der Waals surface area contributed by atoms with Crippen molar-refractivity contribution in [3.8, 4) is 23.0 Å². The minimum atomic E-state index is -0.793. The van der Waals surface area contributed by atoms with Crippen molar-refractivity contribution in [3.05, 3.63) is 117 Å². The van der Waals surface area contributed by atoms with E-state index in [9.17, 15) is 19.8 Å². The molecule has 0 saturated carbocycles. The largest absolute Gasteiger partial charge is 0.508 e. The van der Waals surface area contributed by atoms with Crippen molar-refractivity contribution >= 4 is 5.97 Å². The average molecular weight is 570 g/mol. The summed E-state index contributed by atoms with van der Waals surface area (Å²) in [6, 6.07) is 21.8. The van der Waals surface area contributed by atoms with Gasteiger partial charge in [-0.25, -0.2) is 0 Å². The first kappa shape index (κ1) is 28.8. The molecule has 0 bridgehead atoms. The maximum atomic E-state index is 13.9. The van der Waals surface area contributed by atoms with E-state index in [1.54, 1.807) is 41.8 Å².